The minimum atomic E-state index is 0.0744. The van der Waals surface area contributed by atoms with Crippen molar-refractivity contribution in [2.75, 3.05) is 6.61 Å². The second-order valence-corrected chi connectivity index (χ2v) is 5.56. The van der Waals surface area contributed by atoms with E-state index in [1.807, 2.05) is 36.5 Å². The van der Waals surface area contributed by atoms with Gasteiger partial charge >= 0.3 is 0 Å². The van der Waals surface area contributed by atoms with Crippen molar-refractivity contribution in [3.05, 3.63) is 53.9 Å². The molecule has 0 spiro atoms. The molecular weight excluding hydrogens is 292 g/mol. The van der Waals surface area contributed by atoms with Crippen molar-refractivity contribution in [2.24, 2.45) is 0 Å². The van der Waals surface area contributed by atoms with Gasteiger partial charge in [-0.25, -0.2) is 4.63 Å². The fraction of sp³-hybridized carbons (Fsp3) is 0.353. The lowest BCUT2D eigenvalue weighted by Gasteiger charge is -2.29. The quantitative estimate of drug-likeness (QED) is 0.722. The topological polar surface area (TPSA) is 75.3 Å². The highest BCUT2D eigenvalue weighted by atomic mass is 16.6. The Morgan fingerprint density at radius 3 is 2.83 bits per heavy atom. The number of rotatable bonds is 7. The van der Waals surface area contributed by atoms with E-state index in [1.165, 1.54) is 0 Å². The van der Waals surface area contributed by atoms with Gasteiger partial charge in [0.05, 0.1) is 6.61 Å². The van der Waals surface area contributed by atoms with Crippen molar-refractivity contribution in [1.82, 2.24) is 20.2 Å². The van der Waals surface area contributed by atoms with Crippen molar-refractivity contribution in [3.8, 4) is 0 Å². The normalized spacial score (nSPS) is 12.8. The van der Waals surface area contributed by atoms with Crippen molar-refractivity contribution >= 4 is 11.0 Å². The summed E-state index contributed by atoms with van der Waals surface area (Å²) in [6, 6.07) is 9.89. The van der Waals surface area contributed by atoms with Gasteiger partial charge < -0.3 is 5.11 Å². The van der Waals surface area contributed by atoms with Crippen LogP contribution in [0.3, 0.4) is 0 Å². The third-order valence-corrected chi connectivity index (χ3v) is 4.05. The zero-order valence-electron chi connectivity index (χ0n) is 13.1. The molecule has 0 aliphatic heterocycles. The molecule has 2 heterocycles. The molecule has 0 bridgehead atoms. The average molecular weight is 312 g/mol. The van der Waals surface area contributed by atoms with E-state index in [0.717, 1.165) is 28.6 Å². The smallest absolute Gasteiger partial charge is 0.139 e. The molecule has 0 saturated heterocycles. The first-order valence-corrected chi connectivity index (χ1v) is 7.75. The van der Waals surface area contributed by atoms with E-state index in [4.69, 9.17) is 4.63 Å². The summed E-state index contributed by atoms with van der Waals surface area (Å²) in [6.07, 6.45) is 4.48. The van der Waals surface area contributed by atoms with E-state index in [2.05, 4.69) is 27.1 Å². The van der Waals surface area contributed by atoms with Gasteiger partial charge in [0, 0.05) is 31.5 Å². The highest BCUT2D eigenvalue weighted by Crippen LogP contribution is 2.20. The summed E-state index contributed by atoms with van der Waals surface area (Å²) in [5.41, 5.74) is 3.68. The lowest BCUT2D eigenvalue weighted by atomic mass is 10.1. The Morgan fingerprint density at radius 1 is 1.17 bits per heavy atom. The molecule has 1 atom stereocenters. The van der Waals surface area contributed by atoms with Crippen molar-refractivity contribution in [1.29, 1.82) is 0 Å². The molecule has 120 valence electrons. The van der Waals surface area contributed by atoms with Crippen LogP contribution in [-0.4, -0.2) is 38.0 Å². The van der Waals surface area contributed by atoms with Crippen LogP contribution in [0.5, 0.6) is 0 Å². The molecule has 0 unspecified atom stereocenters. The second-order valence-electron chi connectivity index (χ2n) is 5.56. The predicted octanol–water partition coefficient (Wildman–Crippen LogP) is 2.39. The maximum absolute atomic E-state index is 9.72. The van der Waals surface area contributed by atoms with Gasteiger partial charge in [0.2, 0.25) is 0 Å². The zero-order chi connectivity index (χ0) is 16.1. The number of aromatic nitrogens is 3. The molecule has 2 aromatic heterocycles. The van der Waals surface area contributed by atoms with Gasteiger partial charge in [-0.15, -0.1) is 0 Å². The van der Waals surface area contributed by atoms with E-state index in [0.29, 0.717) is 13.1 Å². The lowest BCUT2D eigenvalue weighted by molar-refractivity contribution is 0.107. The molecule has 23 heavy (non-hydrogen) atoms. The van der Waals surface area contributed by atoms with Gasteiger partial charge in [0.25, 0.3) is 0 Å². The number of hydrogen-bond donors (Lipinski definition) is 1. The summed E-state index contributed by atoms with van der Waals surface area (Å²) in [6.45, 7) is 3.58. The average Bonchev–Trinajstić information content (AvgIpc) is 3.06. The Bertz CT molecular complexity index is 740. The van der Waals surface area contributed by atoms with Gasteiger partial charge in [-0.2, -0.15) is 0 Å². The highest BCUT2D eigenvalue weighted by Gasteiger charge is 2.19. The number of fused-ring (bicyclic) bond motifs is 1. The summed E-state index contributed by atoms with van der Waals surface area (Å²) in [7, 11) is 0. The zero-order valence-corrected chi connectivity index (χ0v) is 13.1. The van der Waals surface area contributed by atoms with Gasteiger partial charge in [-0.1, -0.05) is 25.1 Å². The molecule has 3 aromatic rings. The highest BCUT2D eigenvalue weighted by molar-refractivity contribution is 5.76. The first-order valence-electron chi connectivity index (χ1n) is 7.75. The summed E-state index contributed by atoms with van der Waals surface area (Å²) in [5, 5.41) is 17.6. The minimum absolute atomic E-state index is 0.0744. The Hall–Kier alpha value is -2.31. The van der Waals surface area contributed by atoms with Crippen molar-refractivity contribution < 1.29 is 9.74 Å². The molecule has 0 fully saturated rings. The molecule has 6 nitrogen and oxygen atoms in total. The molecule has 1 aromatic carbocycles. The Kier molecular flexibility index (Phi) is 4.95. The van der Waals surface area contributed by atoms with Crippen LogP contribution in [0.15, 0.2) is 47.4 Å². The third-order valence-electron chi connectivity index (χ3n) is 4.05. The molecule has 0 saturated carbocycles. The van der Waals surface area contributed by atoms with E-state index in [9.17, 15) is 5.11 Å². The van der Waals surface area contributed by atoms with E-state index < -0.39 is 0 Å². The van der Waals surface area contributed by atoms with Crippen LogP contribution in [-0.2, 0) is 13.1 Å². The van der Waals surface area contributed by atoms with Crippen LogP contribution in [0.2, 0.25) is 0 Å². The van der Waals surface area contributed by atoms with E-state index in [-0.39, 0.29) is 12.6 Å². The van der Waals surface area contributed by atoms with Gasteiger partial charge in [0.1, 0.15) is 11.0 Å². The van der Waals surface area contributed by atoms with Crippen LogP contribution in [0.4, 0.5) is 0 Å². The maximum atomic E-state index is 9.72. The van der Waals surface area contributed by atoms with Gasteiger partial charge in [-0.3, -0.25) is 9.88 Å². The first kappa shape index (κ1) is 15.6. The first-order chi connectivity index (χ1) is 11.3. The number of benzene rings is 1. The number of aliphatic hydroxyl groups excluding tert-OH is 1. The van der Waals surface area contributed by atoms with Crippen LogP contribution < -0.4 is 0 Å². The monoisotopic (exact) mass is 312 g/mol. The van der Waals surface area contributed by atoms with Crippen LogP contribution in [0.25, 0.3) is 11.0 Å². The van der Waals surface area contributed by atoms with E-state index >= 15 is 0 Å². The molecular formula is C17H20N4O2. The SMILES string of the molecule is CC[C@@H](CO)N(Cc1cccnc1)Cc1cccc2nonc12. The summed E-state index contributed by atoms with van der Waals surface area (Å²) >= 11 is 0. The van der Waals surface area contributed by atoms with Gasteiger partial charge in [-0.05, 0) is 40.0 Å². The second kappa shape index (κ2) is 7.30. The Balaban J connectivity index is 1.87. The number of aliphatic hydroxyl groups is 1. The number of pyridine rings is 1. The van der Waals surface area contributed by atoms with Crippen LogP contribution in [0, 0.1) is 0 Å². The Labute approximate surface area is 134 Å². The Morgan fingerprint density at radius 2 is 2.09 bits per heavy atom. The molecule has 3 rings (SSSR count). The number of nitrogens with zero attached hydrogens (tertiary/aromatic N) is 4. The molecule has 6 heteroatoms. The fourth-order valence-corrected chi connectivity index (χ4v) is 2.75. The van der Waals surface area contributed by atoms with E-state index in [1.54, 1.807) is 6.20 Å². The summed E-state index contributed by atoms with van der Waals surface area (Å²) < 4.78 is 4.84. The molecule has 0 aliphatic rings. The van der Waals surface area contributed by atoms with Crippen LogP contribution in [0.1, 0.15) is 24.5 Å². The van der Waals surface area contributed by atoms with Gasteiger partial charge in [0.15, 0.2) is 0 Å². The van der Waals surface area contributed by atoms with Crippen LogP contribution >= 0.6 is 0 Å². The standard InChI is InChI=1S/C17H20N4O2/c1-2-15(12-22)21(10-13-5-4-8-18-9-13)11-14-6-3-7-16-17(14)20-23-19-16/h3-9,15,22H,2,10-12H2,1H3/t15-/m0/s1. The molecule has 0 aliphatic carbocycles. The van der Waals surface area contributed by atoms with Crippen molar-refractivity contribution in [3.63, 3.8) is 0 Å². The predicted molar refractivity (Wildman–Crippen MR) is 86.5 cm³/mol. The largest absolute Gasteiger partial charge is 0.395 e. The summed E-state index contributed by atoms with van der Waals surface area (Å²) in [5.74, 6) is 0. The minimum Gasteiger partial charge on any atom is -0.395 e. The van der Waals surface area contributed by atoms with Crippen molar-refractivity contribution in [2.45, 2.75) is 32.5 Å². The summed E-state index contributed by atoms with van der Waals surface area (Å²) in [4.78, 5) is 6.41. The number of hydrogen-bond acceptors (Lipinski definition) is 6. The third kappa shape index (κ3) is 3.55. The lowest BCUT2D eigenvalue weighted by Crippen LogP contribution is -2.36. The molecule has 1 N–H and O–H groups in total. The molecule has 0 radical (unpaired) electrons. The maximum Gasteiger partial charge on any atom is 0.139 e. The fourth-order valence-electron chi connectivity index (χ4n) is 2.75. The molecule has 0 amide bonds.